The van der Waals surface area contributed by atoms with E-state index in [1.807, 2.05) is 11.6 Å². The van der Waals surface area contributed by atoms with Crippen molar-refractivity contribution in [3.63, 3.8) is 0 Å². The lowest BCUT2D eigenvalue weighted by Gasteiger charge is -2.18. The number of hydrogen-bond donors (Lipinski definition) is 0. The summed E-state index contributed by atoms with van der Waals surface area (Å²) < 4.78 is 15.8. The second-order valence-electron chi connectivity index (χ2n) is 5.44. The highest BCUT2D eigenvalue weighted by Crippen LogP contribution is 2.30. The molecule has 0 aliphatic carbocycles. The zero-order valence-corrected chi connectivity index (χ0v) is 16.1. The summed E-state index contributed by atoms with van der Waals surface area (Å²) in [7, 11) is 1.80. The molecule has 0 bridgehead atoms. The van der Waals surface area contributed by atoms with Crippen LogP contribution in [0.1, 0.15) is 12.6 Å². The third-order valence-electron chi connectivity index (χ3n) is 3.47. The fourth-order valence-corrected chi connectivity index (χ4v) is 3.80. The average molecular weight is 402 g/mol. The number of halogens is 1. The van der Waals surface area contributed by atoms with E-state index in [1.54, 1.807) is 29.1 Å². The fourth-order valence-electron chi connectivity index (χ4n) is 2.22. The van der Waals surface area contributed by atoms with Gasteiger partial charge in [0.05, 0.1) is 11.4 Å². The van der Waals surface area contributed by atoms with Crippen molar-refractivity contribution in [2.75, 3.05) is 4.90 Å². The molecular weight excluding hydrogens is 387 g/mol. The smallest absolute Gasteiger partial charge is 0.272 e. The molecule has 0 saturated carbocycles. The number of aromatic nitrogens is 2. The molecule has 0 atom stereocenters. The van der Waals surface area contributed by atoms with Crippen LogP contribution < -0.4 is 9.70 Å². The van der Waals surface area contributed by atoms with E-state index in [-0.39, 0.29) is 11.6 Å². The summed E-state index contributed by atoms with van der Waals surface area (Å²) in [5.74, 6) is -1.29. The third-order valence-corrected chi connectivity index (χ3v) is 5.16. The molecule has 0 unspecified atom stereocenters. The molecule has 2 amide bonds. The molecule has 27 heavy (non-hydrogen) atoms. The molecule has 0 fully saturated rings. The second kappa shape index (κ2) is 8.19. The van der Waals surface area contributed by atoms with Gasteiger partial charge in [0.1, 0.15) is 5.82 Å². The molecule has 0 spiro atoms. The van der Waals surface area contributed by atoms with Gasteiger partial charge >= 0.3 is 0 Å². The van der Waals surface area contributed by atoms with E-state index < -0.39 is 11.7 Å². The van der Waals surface area contributed by atoms with E-state index in [1.165, 1.54) is 58.8 Å². The summed E-state index contributed by atoms with van der Waals surface area (Å²) in [6.45, 7) is 1.34. The van der Waals surface area contributed by atoms with Gasteiger partial charge in [0.2, 0.25) is 5.91 Å². The number of carbonyl (C=O) groups excluding carboxylic acids is 2. The van der Waals surface area contributed by atoms with Crippen molar-refractivity contribution in [1.29, 1.82) is 0 Å². The minimum absolute atomic E-state index is 0.131. The van der Waals surface area contributed by atoms with Gasteiger partial charge in [0.25, 0.3) is 5.91 Å². The van der Waals surface area contributed by atoms with Crippen molar-refractivity contribution in [2.24, 2.45) is 12.0 Å². The van der Waals surface area contributed by atoms with Crippen molar-refractivity contribution in [2.45, 2.75) is 6.92 Å². The molecular formula is C18H15FN4O2S2. The zero-order chi connectivity index (χ0) is 19.4. The molecule has 0 aliphatic rings. The first-order valence-corrected chi connectivity index (χ1v) is 9.59. The highest BCUT2D eigenvalue weighted by atomic mass is 32.1. The molecule has 138 valence electrons. The number of para-hydroxylation sites is 1. The number of amides is 2. The van der Waals surface area contributed by atoms with Gasteiger partial charge in [-0.15, -0.1) is 22.7 Å². The first kappa shape index (κ1) is 18.9. The Hall–Kier alpha value is -2.91. The molecule has 0 aliphatic heterocycles. The highest BCUT2D eigenvalue weighted by Gasteiger charge is 2.20. The monoisotopic (exact) mass is 402 g/mol. The predicted molar refractivity (Wildman–Crippen MR) is 104 cm³/mol. The first-order valence-electron chi connectivity index (χ1n) is 7.83. The maximum Gasteiger partial charge on any atom is 0.272 e. The number of nitrogens with zero attached hydrogens (tertiary/aromatic N) is 4. The van der Waals surface area contributed by atoms with Crippen LogP contribution in [0.3, 0.4) is 0 Å². The molecule has 0 radical (unpaired) electrons. The molecule has 6 nitrogen and oxygen atoms in total. The van der Waals surface area contributed by atoms with Crippen LogP contribution in [0.5, 0.6) is 0 Å². The van der Waals surface area contributed by atoms with Crippen molar-refractivity contribution in [1.82, 2.24) is 9.55 Å². The lowest BCUT2D eigenvalue weighted by molar-refractivity contribution is -0.116. The van der Waals surface area contributed by atoms with Crippen molar-refractivity contribution in [3.05, 3.63) is 63.6 Å². The Morgan fingerprint density at radius 2 is 2.07 bits per heavy atom. The van der Waals surface area contributed by atoms with Crippen molar-refractivity contribution >= 4 is 51.4 Å². The van der Waals surface area contributed by atoms with Crippen LogP contribution in [0.15, 0.2) is 52.3 Å². The third kappa shape index (κ3) is 4.44. The average Bonchev–Trinajstić information content (AvgIpc) is 3.24. The summed E-state index contributed by atoms with van der Waals surface area (Å²) in [5, 5.41) is 3.84. The summed E-state index contributed by atoms with van der Waals surface area (Å²) in [4.78, 5) is 34.1. The van der Waals surface area contributed by atoms with Crippen LogP contribution in [-0.2, 0) is 16.6 Å². The molecule has 3 aromatic rings. The lowest BCUT2D eigenvalue weighted by Crippen LogP contribution is -2.23. The number of benzene rings is 1. The van der Waals surface area contributed by atoms with E-state index >= 15 is 0 Å². The maximum absolute atomic E-state index is 14.1. The van der Waals surface area contributed by atoms with E-state index in [2.05, 4.69) is 9.98 Å². The van der Waals surface area contributed by atoms with Crippen LogP contribution in [-0.4, -0.2) is 21.4 Å². The van der Waals surface area contributed by atoms with Gasteiger partial charge in [-0.05, 0) is 18.2 Å². The standard InChI is InChI=1S/C18H15FN4O2S2/c1-12(24)23(15-6-4-3-5-14(15)19)18-20-13(11-27-18)7-8-16(25)21-17-22(2)9-10-26-17/h3-11H,1-2H3. The predicted octanol–water partition coefficient (Wildman–Crippen LogP) is 3.51. The Balaban J connectivity index is 1.83. The Bertz CT molecular complexity index is 1080. The molecule has 2 aromatic heterocycles. The largest absolute Gasteiger partial charge is 0.327 e. The number of aryl methyl sites for hydroxylation is 1. The van der Waals surface area contributed by atoms with Crippen molar-refractivity contribution in [3.8, 4) is 0 Å². The summed E-state index contributed by atoms with van der Waals surface area (Å²) in [5.41, 5.74) is 0.614. The van der Waals surface area contributed by atoms with Crippen LogP contribution in [0, 0.1) is 5.82 Å². The Kier molecular flexibility index (Phi) is 5.72. The molecule has 0 N–H and O–H groups in total. The fraction of sp³-hybridized carbons (Fsp3) is 0.111. The minimum atomic E-state index is -0.516. The lowest BCUT2D eigenvalue weighted by atomic mass is 10.3. The van der Waals surface area contributed by atoms with E-state index in [4.69, 9.17) is 0 Å². The van der Waals surface area contributed by atoms with Gasteiger partial charge in [0, 0.05) is 37.0 Å². The number of anilines is 2. The summed E-state index contributed by atoms with van der Waals surface area (Å²) in [6.07, 6.45) is 4.63. The second-order valence-corrected chi connectivity index (χ2v) is 7.15. The quantitative estimate of drug-likeness (QED) is 0.627. The van der Waals surface area contributed by atoms with Crippen LogP contribution >= 0.6 is 22.7 Å². The molecule has 2 heterocycles. The van der Waals surface area contributed by atoms with Gasteiger partial charge in [-0.2, -0.15) is 4.99 Å². The molecule has 9 heteroatoms. The Labute approximate surface area is 162 Å². The topological polar surface area (TPSA) is 67.6 Å². The van der Waals surface area contributed by atoms with E-state index in [0.717, 1.165) is 0 Å². The number of rotatable bonds is 4. The van der Waals surface area contributed by atoms with Gasteiger partial charge in [-0.25, -0.2) is 9.37 Å². The number of carbonyl (C=O) groups is 2. The summed E-state index contributed by atoms with van der Waals surface area (Å²) >= 11 is 2.54. The van der Waals surface area contributed by atoms with Crippen LogP contribution in [0.25, 0.3) is 6.08 Å². The van der Waals surface area contributed by atoms with E-state index in [0.29, 0.717) is 15.6 Å². The molecule has 0 saturated heterocycles. The molecule has 1 aromatic carbocycles. The normalized spacial score (nSPS) is 11.9. The first-order chi connectivity index (χ1) is 13.0. The van der Waals surface area contributed by atoms with Crippen molar-refractivity contribution < 1.29 is 14.0 Å². The zero-order valence-electron chi connectivity index (χ0n) is 14.5. The summed E-state index contributed by atoms with van der Waals surface area (Å²) in [6, 6.07) is 5.99. The van der Waals surface area contributed by atoms with Gasteiger partial charge in [0.15, 0.2) is 9.93 Å². The minimum Gasteiger partial charge on any atom is -0.327 e. The van der Waals surface area contributed by atoms with Crippen LogP contribution in [0.4, 0.5) is 15.2 Å². The van der Waals surface area contributed by atoms with Gasteiger partial charge in [-0.3, -0.25) is 14.5 Å². The maximum atomic E-state index is 14.1. The van der Waals surface area contributed by atoms with Crippen LogP contribution in [0.2, 0.25) is 0 Å². The van der Waals surface area contributed by atoms with Gasteiger partial charge < -0.3 is 4.57 Å². The Morgan fingerprint density at radius 1 is 1.30 bits per heavy atom. The van der Waals surface area contributed by atoms with E-state index in [9.17, 15) is 14.0 Å². The SMILES string of the molecule is CC(=O)N(c1nc(C=CC(=O)N=c2sccn2C)cs1)c1ccccc1F. The molecule has 3 rings (SSSR count). The highest BCUT2D eigenvalue weighted by molar-refractivity contribution is 7.14. The van der Waals surface area contributed by atoms with Gasteiger partial charge in [-0.1, -0.05) is 12.1 Å². The Morgan fingerprint density at radius 3 is 2.74 bits per heavy atom. The number of thiazole rings is 2. The number of hydrogen-bond acceptors (Lipinski definition) is 5.